The summed E-state index contributed by atoms with van der Waals surface area (Å²) in [4.78, 5) is 8.57. The minimum absolute atomic E-state index is 0.649. The molecule has 2 rings (SSSR count). The van der Waals surface area contributed by atoms with Crippen molar-refractivity contribution in [1.82, 2.24) is 9.97 Å². The first-order chi connectivity index (χ1) is 6.38. The molecule has 0 saturated heterocycles. The van der Waals surface area contributed by atoms with Crippen molar-refractivity contribution < 1.29 is 0 Å². The molecular formula is C9H13N3S. The Morgan fingerprint density at radius 3 is 3.08 bits per heavy atom. The van der Waals surface area contributed by atoms with Crippen LogP contribution in [0.2, 0.25) is 0 Å². The Kier molecular flexibility index (Phi) is 2.68. The number of nitrogens with zero attached hydrogens (tertiary/aromatic N) is 2. The second-order valence-corrected chi connectivity index (χ2v) is 4.38. The highest BCUT2D eigenvalue weighted by molar-refractivity contribution is 7.99. The summed E-state index contributed by atoms with van der Waals surface area (Å²) in [7, 11) is 0. The minimum Gasteiger partial charge on any atom is -0.366 e. The van der Waals surface area contributed by atoms with Crippen LogP contribution >= 0.6 is 11.8 Å². The van der Waals surface area contributed by atoms with E-state index in [0.717, 1.165) is 16.6 Å². The van der Waals surface area contributed by atoms with E-state index in [2.05, 4.69) is 22.2 Å². The molecule has 0 atom stereocenters. The van der Waals surface area contributed by atoms with Gasteiger partial charge in [0.25, 0.3) is 0 Å². The SMILES string of the molecule is CCSc1cncc(NC2CC2)n1. The molecule has 1 aliphatic carbocycles. The fourth-order valence-corrected chi connectivity index (χ4v) is 1.67. The van der Waals surface area contributed by atoms with Crippen molar-refractivity contribution in [3.63, 3.8) is 0 Å². The van der Waals surface area contributed by atoms with Crippen LogP contribution in [0.1, 0.15) is 19.8 Å². The summed E-state index contributed by atoms with van der Waals surface area (Å²) < 4.78 is 0. The largest absolute Gasteiger partial charge is 0.366 e. The molecule has 0 bridgehead atoms. The zero-order chi connectivity index (χ0) is 9.10. The molecule has 1 aromatic heterocycles. The zero-order valence-electron chi connectivity index (χ0n) is 7.66. The molecule has 0 amide bonds. The molecule has 70 valence electrons. The predicted molar refractivity (Wildman–Crippen MR) is 55.1 cm³/mol. The summed E-state index contributed by atoms with van der Waals surface area (Å²) >= 11 is 1.72. The summed E-state index contributed by atoms with van der Waals surface area (Å²) in [5.74, 6) is 1.96. The molecule has 1 fully saturated rings. The molecule has 4 heteroatoms. The Balaban J connectivity index is 2.02. The first kappa shape index (κ1) is 8.81. The zero-order valence-corrected chi connectivity index (χ0v) is 8.47. The summed E-state index contributed by atoms with van der Waals surface area (Å²) in [5, 5.41) is 4.34. The smallest absolute Gasteiger partial charge is 0.146 e. The van der Waals surface area contributed by atoms with Gasteiger partial charge >= 0.3 is 0 Å². The van der Waals surface area contributed by atoms with Crippen LogP contribution in [0, 0.1) is 0 Å². The van der Waals surface area contributed by atoms with Crippen LogP contribution in [0.3, 0.4) is 0 Å². The van der Waals surface area contributed by atoms with E-state index in [-0.39, 0.29) is 0 Å². The van der Waals surface area contributed by atoms with E-state index in [9.17, 15) is 0 Å². The number of nitrogens with one attached hydrogen (secondary N) is 1. The topological polar surface area (TPSA) is 37.8 Å². The number of aromatic nitrogens is 2. The van der Waals surface area contributed by atoms with Crippen molar-refractivity contribution in [2.75, 3.05) is 11.1 Å². The number of rotatable bonds is 4. The van der Waals surface area contributed by atoms with Crippen LogP contribution in [0.5, 0.6) is 0 Å². The lowest BCUT2D eigenvalue weighted by Crippen LogP contribution is -2.03. The van der Waals surface area contributed by atoms with Gasteiger partial charge in [-0.05, 0) is 18.6 Å². The van der Waals surface area contributed by atoms with Crippen molar-refractivity contribution in [3.05, 3.63) is 12.4 Å². The van der Waals surface area contributed by atoms with Gasteiger partial charge in [0.05, 0.1) is 12.4 Å². The van der Waals surface area contributed by atoms with Crippen LogP contribution in [-0.2, 0) is 0 Å². The van der Waals surface area contributed by atoms with Gasteiger partial charge in [0.2, 0.25) is 0 Å². The van der Waals surface area contributed by atoms with Crippen LogP contribution < -0.4 is 5.32 Å². The number of hydrogen-bond acceptors (Lipinski definition) is 4. The van der Waals surface area contributed by atoms with Crippen molar-refractivity contribution in [3.8, 4) is 0 Å². The first-order valence-corrected chi connectivity index (χ1v) is 5.58. The second kappa shape index (κ2) is 3.96. The summed E-state index contributed by atoms with van der Waals surface area (Å²) in [6.07, 6.45) is 6.14. The molecule has 0 aromatic carbocycles. The van der Waals surface area contributed by atoms with Crippen LogP contribution in [0.4, 0.5) is 5.82 Å². The van der Waals surface area contributed by atoms with Crippen LogP contribution in [-0.4, -0.2) is 21.8 Å². The monoisotopic (exact) mass is 195 g/mol. The van der Waals surface area contributed by atoms with Gasteiger partial charge in [0.15, 0.2) is 0 Å². The fourth-order valence-electron chi connectivity index (χ4n) is 1.07. The van der Waals surface area contributed by atoms with E-state index in [1.54, 1.807) is 18.0 Å². The normalized spacial score (nSPS) is 15.8. The third-order valence-corrected chi connectivity index (χ3v) is 2.62. The van der Waals surface area contributed by atoms with Gasteiger partial charge in [-0.25, -0.2) is 4.98 Å². The molecule has 13 heavy (non-hydrogen) atoms. The molecule has 0 unspecified atom stereocenters. The summed E-state index contributed by atoms with van der Waals surface area (Å²) in [5.41, 5.74) is 0. The molecular weight excluding hydrogens is 182 g/mol. The maximum Gasteiger partial charge on any atom is 0.146 e. The Hall–Kier alpha value is -0.770. The lowest BCUT2D eigenvalue weighted by Gasteiger charge is -2.03. The maximum absolute atomic E-state index is 4.43. The molecule has 1 heterocycles. The van der Waals surface area contributed by atoms with Gasteiger partial charge in [0.1, 0.15) is 10.8 Å². The molecule has 1 N–H and O–H groups in total. The van der Waals surface area contributed by atoms with Crippen molar-refractivity contribution in [2.24, 2.45) is 0 Å². The first-order valence-electron chi connectivity index (χ1n) is 4.60. The third kappa shape index (κ3) is 2.59. The fraction of sp³-hybridized carbons (Fsp3) is 0.556. The average Bonchev–Trinajstić information content (AvgIpc) is 2.90. The molecule has 0 aliphatic heterocycles. The predicted octanol–water partition coefficient (Wildman–Crippen LogP) is 2.16. The number of thioether (sulfide) groups is 1. The highest BCUT2D eigenvalue weighted by Crippen LogP contribution is 2.24. The van der Waals surface area contributed by atoms with E-state index in [1.165, 1.54) is 12.8 Å². The highest BCUT2D eigenvalue weighted by Gasteiger charge is 2.21. The minimum atomic E-state index is 0.649. The average molecular weight is 195 g/mol. The molecule has 3 nitrogen and oxygen atoms in total. The van der Waals surface area contributed by atoms with Gasteiger partial charge < -0.3 is 5.32 Å². The van der Waals surface area contributed by atoms with Gasteiger partial charge in [-0.1, -0.05) is 6.92 Å². The lowest BCUT2D eigenvalue weighted by atomic mass is 10.6. The van der Waals surface area contributed by atoms with Crippen molar-refractivity contribution in [1.29, 1.82) is 0 Å². The highest BCUT2D eigenvalue weighted by atomic mass is 32.2. The Labute approximate surface area is 82.4 Å². The Bertz CT molecular complexity index is 286. The van der Waals surface area contributed by atoms with E-state index < -0.39 is 0 Å². The molecule has 1 aliphatic rings. The van der Waals surface area contributed by atoms with E-state index in [0.29, 0.717) is 6.04 Å². The molecule has 0 spiro atoms. The van der Waals surface area contributed by atoms with Crippen molar-refractivity contribution >= 4 is 17.6 Å². The Morgan fingerprint density at radius 2 is 2.38 bits per heavy atom. The second-order valence-electron chi connectivity index (χ2n) is 3.09. The van der Waals surface area contributed by atoms with E-state index >= 15 is 0 Å². The van der Waals surface area contributed by atoms with Crippen molar-refractivity contribution in [2.45, 2.75) is 30.8 Å². The molecule has 0 radical (unpaired) electrons. The molecule has 1 aromatic rings. The van der Waals surface area contributed by atoms with Gasteiger partial charge in [-0.2, -0.15) is 0 Å². The quantitative estimate of drug-likeness (QED) is 0.747. The summed E-state index contributed by atoms with van der Waals surface area (Å²) in [6.45, 7) is 2.12. The maximum atomic E-state index is 4.43. The Morgan fingerprint density at radius 1 is 1.54 bits per heavy atom. The third-order valence-electron chi connectivity index (χ3n) is 1.83. The number of anilines is 1. The van der Waals surface area contributed by atoms with Crippen LogP contribution in [0.25, 0.3) is 0 Å². The number of hydrogen-bond donors (Lipinski definition) is 1. The van der Waals surface area contributed by atoms with E-state index in [4.69, 9.17) is 0 Å². The van der Waals surface area contributed by atoms with Gasteiger partial charge in [-0.15, -0.1) is 11.8 Å². The van der Waals surface area contributed by atoms with Gasteiger partial charge in [-0.3, -0.25) is 4.98 Å². The van der Waals surface area contributed by atoms with E-state index in [1.807, 2.05) is 6.20 Å². The lowest BCUT2D eigenvalue weighted by molar-refractivity contribution is 1.01. The van der Waals surface area contributed by atoms with Gasteiger partial charge in [0, 0.05) is 6.04 Å². The van der Waals surface area contributed by atoms with Crippen LogP contribution in [0.15, 0.2) is 17.4 Å². The standard InChI is InChI=1S/C9H13N3S/c1-2-13-9-6-10-5-8(12-9)11-7-3-4-7/h5-7H,2-4H2,1H3,(H,11,12). The summed E-state index contributed by atoms with van der Waals surface area (Å²) in [6, 6.07) is 0.649. The molecule has 1 saturated carbocycles.